The summed E-state index contributed by atoms with van der Waals surface area (Å²) in [6.07, 6.45) is 5.92. The molecule has 1 N–H and O–H groups in total. The van der Waals surface area contributed by atoms with Crippen LogP contribution in [-0.4, -0.2) is 66.4 Å². The maximum absolute atomic E-state index is 5.57. The Morgan fingerprint density at radius 2 is 1.96 bits per heavy atom. The van der Waals surface area contributed by atoms with Gasteiger partial charge in [0, 0.05) is 51.3 Å². The Bertz CT molecular complexity index is 845. The molecule has 2 aromatic rings. The van der Waals surface area contributed by atoms with Crippen LogP contribution in [0, 0.1) is 6.92 Å². The van der Waals surface area contributed by atoms with Crippen LogP contribution in [0.2, 0.25) is 0 Å². The molecular weight excluding hydrogens is 390 g/mol. The molecule has 28 heavy (non-hydrogen) atoms. The van der Waals surface area contributed by atoms with Gasteiger partial charge in [-0.1, -0.05) is 0 Å². The molecule has 2 aromatic heterocycles. The van der Waals surface area contributed by atoms with Crippen molar-refractivity contribution in [2.45, 2.75) is 39.0 Å². The SMILES string of the molecule is COCCCNC(=S)N1CCN(c2nc(C)nc3sc4c(c23)CCCC4)CC1. The number of nitrogens with zero attached hydrogens (tertiary/aromatic N) is 4. The van der Waals surface area contributed by atoms with Gasteiger partial charge in [0.05, 0.1) is 5.39 Å². The summed E-state index contributed by atoms with van der Waals surface area (Å²) in [5.74, 6) is 2.01. The van der Waals surface area contributed by atoms with Gasteiger partial charge in [-0.25, -0.2) is 9.97 Å². The Labute approximate surface area is 176 Å². The van der Waals surface area contributed by atoms with Gasteiger partial charge in [0.1, 0.15) is 16.5 Å². The van der Waals surface area contributed by atoms with E-state index in [0.29, 0.717) is 0 Å². The van der Waals surface area contributed by atoms with Gasteiger partial charge in [0.25, 0.3) is 0 Å². The van der Waals surface area contributed by atoms with Crippen LogP contribution in [0.3, 0.4) is 0 Å². The molecule has 152 valence electrons. The lowest BCUT2D eigenvalue weighted by Gasteiger charge is -2.37. The quantitative estimate of drug-likeness (QED) is 0.591. The minimum Gasteiger partial charge on any atom is -0.385 e. The van der Waals surface area contributed by atoms with Crippen molar-refractivity contribution in [1.82, 2.24) is 20.2 Å². The van der Waals surface area contributed by atoms with Crippen LogP contribution in [-0.2, 0) is 17.6 Å². The van der Waals surface area contributed by atoms with E-state index in [0.717, 1.165) is 62.5 Å². The van der Waals surface area contributed by atoms with Crippen molar-refractivity contribution in [2.75, 3.05) is 51.3 Å². The molecule has 0 bridgehead atoms. The zero-order chi connectivity index (χ0) is 19.5. The summed E-state index contributed by atoms with van der Waals surface area (Å²) in [4.78, 5) is 17.1. The van der Waals surface area contributed by atoms with Crippen LogP contribution < -0.4 is 10.2 Å². The fourth-order valence-corrected chi connectivity index (χ4v) is 5.70. The largest absolute Gasteiger partial charge is 0.385 e. The summed E-state index contributed by atoms with van der Waals surface area (Å²) in [6.45, 7) is 7.36. The fraction of sp³-hybridized carbons (Fsp3) is 0.650. The number of rotatable bonds is 5. The monoisotopic (exact) mass is 419 g/mol. The van der Waals surface area contributed by atoms with E-state index in [1.54, 1.807) is 7.11 Å². The molecule has 3 heterocycles. The van der Waals surface area contributed by atoms with Crippen LogP contribution >= 0.6 is 23.6 Å². The van der Waals surface area contributed by atoms with Crippen molar-refractivity contribution in [3.05, 3.63) is 16.3 Å². The molecule has 0 radical (unpaired) electrons. The zero-order valence-electron chi connectivity index (χ0n) is 16.8. The highest BCUT2D eigenvalue weighted by Gasteiger charge is 2.26. The first-order valence-electron chi connectivity index (χ1n) is 10.2. The maximum atomic E-state index is 5.57. The molecule has 1 fully saturated rings. The number of thiophene rings is 1. The number of methoxy groups -OCH3 is 1. The molecule has 0 spiro atoms. The Balaban J connectivity index is 1.47. The molecule has 0 saturated carbocycles. The lowest BCUT2D eigenvalue weighted by Crippen LogP contribution is -2.52. The first-order chi connectivity index (χ1) is 13.7. The average Bonchev–Trinajstić information content (AvgIpc) is 3.08. The van der Waals surface area contributed by atoms with E-state index in [-0.39, 0.29) is 0 Å². The number of fused-ring (bicyclic) bond motifs is 3. The molecule has 6 nitrogen and oxygen atoms in total. The minimum absolute atomic E-state index is 0.761. The molecule has 2 aliphatic rings. The van der Waals surface area contributed by atoms with Gasteiger partial charge in [0.2, 0.25) is 0 Å². The highest BCUT2D eigenvalue weighted by atomic mass is 32.1. The number of anilines is 1. The third kappa shape index (κ3) is 4.09. The van der Waals surface area contributed by atoms with Crippen LogP contribution in [0.4, 0.5) is 5.82 Å². The minimum atomic E-state index is 0.761. The lowest BCUT2D eigenvalue weighted by molar-refractivity contribution is 0.195. The van der Waals surface area contributed by atoms with E-state index >= 15 is 0 Å². The van der Waals surface area contributed by atoms with Crippen LogP contribution in [0.1, 0.15) is 35.5 Å². The molecule has 0 amide bonds. The molecule has 0 unspecified atom stereocenters. The summed E-state index contributed by atoms with van der Waals surface area (Å²) in [7, 11) is 1.73. The summed E-state index contributed by atoms with van der Waals surface area (Å²) < 4.78 is 5.09. The topological polar surface area (TPSA) is 53.5 Å². The first-order valence-corrected chi connectivity index (χ1v) is 11.5. The third-order valence-electron chi connectivity index (χ3n) is 5.58. The number of piperazine rings is 1. The highest BCUT2D eigenvalue weighted by Crippen LogP contribution is 2.39. The van der Waals surface area contributed by atoms with Crippen molar-refractivity contribution in [1.29, 1.82) is 0 Å². The predicted octanol–water partition coefficient (Wildman–Crippen LogP) is 2.91. The summed E-state index contributed by atoms with van der Waals surface area (Å²) in [6, 6.07) is 0. The zero-order valence-corrected chi connectivity index (χ0v) is 18.4. The molecule has 0 aromatic carbocycles. The molecule has 0 atom stereocenters. The van der Waals surface area contributed by atoms with E-state index < -0.39 is 0 Å². The van der Waals surface area contributed by atoms with Gasteiger partial charge in [-0.3, -0.25) is 0 Å². The summed E-state index contributed by atoms with van der Waals surface area (Å²) >= 11 is 7.46. The third-order valence-corrected chi connectivity index (χ3v) is 7.16. The summed E-state index contributed by atoms with van der Waals surface area (Å²) in [5.41, 5.74) is 1.51. The van der Waals surface area contributed by atoms with Crippen molar-refractivity contribution in [3.63, 3.8) is 0 Å². The number of aryl methyl sites for hydroxylation is 3. The summed E-state index contributed by atoms with van der Waals surface area (Å²) in [5, 5.41) is 5.53. The molecular formula is C20H29N5OS2. The number of ether oxygens (including phenoxy) is 1. The average molecular weight is 420 g/mol. The predicted molar refractivity (Wildman–Crippen MR) is 120 cm³/mol. The normalized spacial score (nSPS) is 17.1. The van der Waals surface area contributed by atoms with E-state index in [9.17, 15) is 0 Å². The fourth-order valence-electron chi connectivity index (χ4n) is 4.12. The van der Waals surface area contributed by atoms with Gasteiger partial charge < -0.3 is 19.9 Å². The van der Waals surface area contributed by atoms with Gasteiger partial charge in [-0.05, 0) is 56.8 Å². The standard InChI is InChI=1S/C20H29N5OS2/c1-14-22-18(17-15-6-3-4-7-16(15)28-19(17)23-14)24-9-11-25(12-10-24)20(27)21-8-5-13-26-2/h3-13H2,1-2H3,(H,21,27). The Morgan fingerprint density at radius 1 is 1.18 bits per heavy atom. The van der Waals surface area contributed by atoms with E-state index in [2.05, 4.69) is 15.1 Å². The molecule has 4 rings (SSSR count). The second kappa shape index (κ2) is 8.88. The number of hydrogen-bond donors (Lipinski definition) is 1. The van der Waals surface area contributed by atoms with Crippen molar-refractivity contribution in [3.8, 4) is 0 Å². The molecule has 8 heteroatoms. The lowest BCUT2D eigenvalue weighted by atomic mass is 9.97. The molecule has 1 aliphatic heterocycles. The second-order valence-corrected chi connectivity index (χ2v) is 9.01. The molecule has 1 saturated heterocycles. The number of thiocarbonyl (C=S) groups is 1. The van der Waals surface area contributed by atoms with Gasteiger partial charge >= 0.3 is 0 Å². The van der Waals surface area contributed by atoms with Crippen LogP contribution in [0.5, 0.6) is 0 Å². The maximum Gasteiger partial charge on any atom is 0.169 e. The smallest absolute Gasteiger partial charge is 0.169 e. The van der Waals surface area contributed by atoms with Crippen LogP contribution in [0.15, 0.2) is 0 Å². The van der Waals surface area contributed by atoms with Gasteiger partial charge in [-0.15, -0.1) is 11.3 Å². The van der Waals surface area contributed by atoms with Crippen molar-refractivity contribution >= 4 is 44.7 Å². The number of nitrogens with one attached hydrogen (secondary N) is 1. The van der Waals surface area contributed by atoms with Gasteiger partial charge in [0.15, 0.2) is 5.11 Å². The Kier molecular flexibility index (Phi) is 6.28. The Hall–Kier alpha value is -1.51. The van der Waals surface area contributed by atoms with E-state index in [1.807, 2.05) is 18.3 Å². The second-order valence-electron chi connectivity index (χ2n) is 7.54. The van der Waals surface area contributed by atoms with Gasteiger partial charge in [-0.2, -0.15) is 0 Å². The first kappa shape index (κ1) is 19.8. The Morgan fingerprint density at radius 3 is 2.75 bits per heavy atom. The number of hydrogen-bond acceptors (Lipinski definition) is 6. The van der Waals surface area contributed by atoms with Crippen molar-refractivity contribution in [2.24, 2.45) is 0 Å². The van der Waals surface area contributed by atoms with E-state index in [4.69, 9.17) is 26.9 Å². The van der Waals surface area contributed by atoms with E-state index in [1.165, 1.54) is 46.3 Å². The number of aromatic nitrogens is 2. The highest BCUT2D eigenvalue weighted by molar-refractivity contribution is 7.80. The van der Waals surface area contributed by atoms with Crippen LogP contribution in [0.25, 0.3) is 10.2 Å². The molecule has 1 aliphatic carbocycles. The van der Waals surface area contributed by atoms with Crippen molar-refractivity contribution < 1.29 is 4.74 Å².